The second kappa shape index (κ2) is 6.51. The summed E-state index contributed by atoms with van der Waals surface area (Å²) in [5.41, 5.74) is 0.691. The fraction of sp³-hybridized carbons (Fsp3) is 0.471. The van der Waals surface area contributed by atoms with E-state index in [-0.39, 0.29) is 17.7 Å². The molecule has 2 amide bonds. The molecule has 1 atom stereocenters. The van der Waals surface area contributed by atoms with Gasteiger partial charge in [-0.25, -0.2) is 0 Å². The van der Waals surface area contributed by atoms with Gasteiger partial charge in [-0.3, -0.25) is 14.7 Å². The number of amides is 2. The molecule has 1 unspecified atom stereocenters. The largest absolute Gasteiger partial charge is 0.460 e. The van der Waals surface area contributed by atoms with E-state index in [1.54, 1.807) is 11.0 Å². The third-order valence-corrected chi connectivity index (χ3v) is 4.18. The number of carbonyl (C=O) groups is 2. The third kappa shape index (κ3) is 3.20. The lowest BCUT2D eigenvalue weighted by Crippen LogP contribution is -2.48. The zero-order valence-electron chi connectivity index (χ0n) is 14.1. The molecule has 0 radical (unpaired) electrons. The van der Waals surface area contributed by atoms with Crippen LogP contribution >= 0.6 is 0 Å². The number of aromatic nitrogens is 2. The van der Waals surface area contributed by atoms with Gasteiger partial charge < -0.3 is 14.6 Å². The number of aromatic amines is 1. The number of hydrogen-bond donors (Lipinski definition) is 2. The van der Waals surface area contributed by atoms with Crippen LogP contribution in [0.5, 0.6) is 0 Å². The number of carbonyl (C=O) groups excluding carboxylic acids is 2. The first-order chi connectivity index (χ1) is 11.5. The van der Waals surface area contributed by atoms with E-state index >= 15 is 0 Å². The summed E-state index contributed by atoms with van der Waals surface area (Å²) in [6.07, 6.45) is 1.32. The summed E-state index contributed by atoms with van der Waals surface area (Å²) >= 11 is 0. The maximum atomic E-state index is 12.7. The number of anilines is 1. The minimum atomic E-state index is -0.481. The van der Waals surface area contributed by atoms with Gasteiger partial charge >= 0.3 is 0 Å². The monoisotopic (exact) mass is 330 g/mol. The van der Waals surface area contributed by atoms with E-state index in [9.17, 15) is 9.59 Å². The van der Waals surface area contributed by atoms with E-state index in [1.807, 2.05) is 32.9 Å². The van der Waals surface area contributed by atoms with E-state index in [2.05, 4.69) is 15.5 Å². The Morgan fingerprint density at radius 3 is 2.79 bits per heavy atom. The minimum absolute atomic E-state index is 0.0261. The van der Waals surface area contributed by atoms with E-state index in [0.29, 0.717) is 30.2 Å². The van der Waals surface area contributed by atoms with Crippen LogP contribution in [0.25, 0.3) is 11.5 Å². The Hall–Kier alpha value is -2.57. The molecule has 0 bridgehead atoms. The van der Waals surface area contributed by atoms with Gasteiger partial charge in [0, 0.05) is 19.0 Å². The van der Waals surface area contributed by atoms with Crippen molar-refractivity contribution in [2.45, 2.75) is 39.7 Å². The maximum absolute atomic E-state index is 12.7. The van der Waals surface area contributed by atoms with Gasteiger partial charge in [-0.1, -0.05) is 13.8 Å². The summed E-state index contributed by atoms with van der Waals surface area (Å²) in [6, 6.07) is 4.95. The van der Waals surface area contributed by atoms with E-state index in [4.69, 9.17) is 4.42 Å². The molecule has 3 rings (SSSR count). The summed E-state index contributed by atoms with van der Waals surface area (Å²) in [5.74, 6) is 1.74. The lowest BCUT2D eigenvalue weighted by Gasteiger charge is -2.29. The zero-order chi connectivity index (χ0) is 17.3. The van der Waals surface area contributed by atoms with E-state index < -0.39 is 6.04 Å². The standard InChI is InChI=1S/C17H22N4O3/c1-10(2)16(21-8-4-5-15(21)22)17(23)18-14-9-12(19-20-14)13-7-6-11(3)24-13/h6-7,9-10,16H,4-5,8H2,1-3H3,(H2,18,19,20,23). The van der Waals surface area contributed by atoms with E-state index in [1.165, 1.54) is 0 Å². The molecular weight excluding hydrogens is 308 g/mol. The Balaban J connectivity index is 1.73. The minimum Gasteiger partial charge on any atom is -0.460 e. The van der Waals surface area contributed by atoms with Crippen LogP contribution in [-0.4, -0.2) is 39.5 Å². The number of H-pyrrole nitrogens is 1. The SMILES string of the molecule is Cc1ccc(-c2cc(NC(=O)C(C(C)C)N3CCCC3=O)n[nH]2)o1. The topological polar surface area (TPSA) is 91.2 Å². The Bertz CT molecular complexity index is 747. The fourth-order valence-corrected chi connectivity index (χ4v) is 3.06. The molecule has 24 heavy (non-hydrogen) atoms. The number of likely N-dealkylation sites (tertiary alicyclic amines) is 1. The van der Waals surface area contributed by atoms with Crippen molar-refractivity contribution >= 4 is 17.6 Å². The Morgan fingerprint density at radius 1 is 1.42 bits per heavy atom. The van der Waals surface area contributed by atoms with Gasteiger partial charge in [-0.05, 0) is 31.4 Å². The number of rotatable bonds is 5. The van der Waals surface area contributed by atoms with Crippen LogP contribution in [0.4, 0.5) is 5.82 Å². The van der Waals surface area contributed by atoms with Crippen molar-refractivity contribution in [3.8, 4) is 11.5 Å². The molecule has 0 aromatic carbocycles. The quantitative estimate of drug-likeness (QED) is 0.881. The van der Waals surface area contributed by atoms with Crippen molar-refractivity contribution in [3.05, 3.63) is 24.0 Å². The molecule has 7 nitrogen and oxygen atoms in total. The van der Waals surface area contributed by atoms with Crippen LogP contribution in [0, 0.1) is 12.8 Å². The predicted octanol–water partition coefficient (Wildman–Crippen LogP) is 2.56. The van der Waals surface area contributed by atoms with Crippen molar-refractivity contribution in [1.29, 1.82) is 0 Å². The highest BCUT2D eigenvalue weighted by Crippen LogP contribution is 2.24. The average molecular weight is 330 g/mol. The number of aryl methyl sites for hydroxylation is 1. The van der Waals surface area contributed by atoms with Gasteiger partial charge in [-0.15, -0.1) is 0 Å². The summed E-state index contributed by atoms with van der Waals surface area (Å²) in [4.78, 5) is 26.3. The molecule has 1 aliphatic rings. The molecule has 0 saturated carbocycles. The number of nitrogens with one attached hydrogen (secondary N) is 2. The summed E-state index contributed by atoms with van der Waals surface area (Å²) in [5, 5.41) is 9.76. The van der Waals surface area contributed by atoms with Crippen LogP contribution in [0.2, 0.25) is 0 Å². The first kappa shape index (κ1) is 16.3. The average Bonchev–Trinajstić information content (AvgIpc) is 3.22. The van der Waals surface area contributed by atoms with Gasteiger partial charge in [0.1, 0.15) is 17.5 Å². The molecule has 128 valence electrons. The molecular formula is C17H22N4O3. The lowest BCUT2D eigenvalue weighted by atomic mass is 10.0. The normalized spacial score (nSPS) is 16.0. The van der Waals surface area contributed by atoms with Crippen molar-refractivity contribution in [3.63, 3.8) is 0 Å². The Labute approximate surface area is 140 Å². The second-order valence-electron chi connectivity index (χ2n) is 6.45. The zero-order valence-corrected chi connectivity index (χ0v) is 14.1. The van der Waals surface area contributed by atoms with Crippen LogP contribution in [0.1, 0.15) is 32.4 Å². The van der Waals surface area contributed by atoms with E-state index in [0.717, 1.165) is 12.2 Å². The molecule has 0 aliphatic carbocycles. The number of furan rings is 1. The highest BCUT2D eigenvalue weighted by molar-refractivity contribution is 5.97. The molecule has 7 heteroatoms. The van der Waals surface area contributed by atoms with Gasteiger partial charge in [0.15, 0.2) is 11.6 Å². The fourth-order valence-electron chi connectivity index (χ4n) is 3.06. The molecule has 2 aromatic heterocycles. The Morgan fingerprint density at radius 2 is 2.21 bits per heavy atom. The van der Waals surface area contributed by atoms with Gasteiger partial charge in [-0.2, -0.15) is 5.10 Å². The number of hydrogen-bond acceptors (Lipinski definition) is 4. The van der Waals surface area contributed by atoms with Gasteiger partial charge in [0.2, 0.25) is 11.8 Å². The van der Waals surface area contributed by atoms with Crippen molar-refractivity contribution in [2.24, 2.45) is 5.92 Å². The number of nitrogens with zero attached hydrogens (tertiary/aromatic N) is 2. The Kier molecular flexibility index (Phi) is 4.42. The molecule has 0 spiro atoms. The molecule has 1 aliphatic heterocycles. The summed E-state index contributed by atoms with van der Waals surface area (Å²) in [6.45, 7) is 6.38. The highest BCUT2D eigenvalue weighted by Gasteiger charge is 2.35. The first-order valence-corrected chi connectivity index (χ1v) is 8.18. The van der Waals surface area contributed by atoms with Crippen LogP contribution in [0.15, 0.2) is 22.6 Å². The molecule has 1 saturated heterocycles. The second-order valence-corrected chi connectivity index (χ2v) is 6.45. The van der Waals surface area contributed by atoms with Gasteiger partial charge in [0.05, 0.1) is 0 Å². The van der Waals surface area contributed by atoms with Crippen molar-refractivity contribution < 1.29 is 14.0 Å². The predicted molar refractivity (Wildman–Crippen MR) is 89.2 cm³/mol. The van der Waals surface area contributed by atoms with Crippen LogP contribution in [-0.2, 0) is 9.59 Å². The maximum Gasteiger partial charge on any atom is 0.248 e. The lowest BCUT2D eigenvalue weighted by molar-refractivity contribution is -0.136. The van der Waals surface area contributed by atoms with Crippen molar-refractivity contribution in [2.75, 3.05) is 11.9 Å². The summed E-state index contributed by atoms with van der Waals surface area (Å²) in [7, 11) is 0. The first-order valence-electron chi connectivity index (χ1n) is 8.18. The third-order valence-electron chi connectivity index (χ3n) is 4.18. The highest BCUT2D eigenvalue weighted by atomic mass is 16.3. The molecule has 2 N–H and O–H groups in total. The van der Waals surface area contributed by atoms with Crippen LogP contribution in [0.3, 0.4) is 0 Å². The molecule has 1 fully saturated rings. The smallest absolute Gasteiger partial charge is 0.248 e. The van der Waals surface area contributed by atoms with Crippen molar-refractivity contribution in [1.82, 2.24) is 15.1 Å². The summed E-state index contributed by atoms with van der Waals surface area (Å²) < 4.78 is 5.53. The van der Waals surface area contributed by atoms with Crippen LogP contribution < -0.4 is 5.32 Å². The molecule has 3 heterocycles. The van der Waals surface area contributed by atoms with Gasteiger partial charge in [0.25, 0.3) is 0 Å². The molecule has 2 aromatic rings.